The van der Waals surface area contributed by atoms with E-state index in [-0.39, 0.29) is 0 Å². The van der Waals surface area contributed by atoms with Crippen molar-refractivity contribution in [2.45, 2.75) is 35.7 Å². The molecular weight excluding hydrogens is 444 g/mol. The van der Waals surface area contributed by atoms with E-state index in [9.17, 15) is 0 Å². The van der Waals surface area contributed by atoms with Crippen LogP contribution in [0.2, 0.25) is 0 Å². The molecule has 2 heterocycles. The molecule has 8 heteroatoms. The number of nitriles is 1. The monoisotopic (exact) mass is 470 g/mol. The fourth-order valence-electron chi connectivity index (χ4n) is 3.44. The van der Waals surface area contributed by atoms with Gasteiger partial charge in [0.1, 0.15) is 22.7 Å². The molecule has 0 unspecified atom stereocenters. The Kier molecular flexibility index (Phi) is 7.16. The van der Waals surface area contributed by atoms with Crippen molar-refractivity contribution >= 4 is 11.8 Å². The molecule has 0 atom stereocenters. The van der Waals surface area contributed by atoms with Crippen LogP contribution in [0.3, 0.4) is 0 Å². The van der Waals surface area contributed by atoms with E-state index < -0.39 is 0 Å². The third-order valence-corrected chi connectivity index (χ3v) is 6.59. The summed E-state index contributed by atoms with van der Waals surface area (Å²) in [5, 5.41) is 15.0. The molecule has 1 aliphatic carbocycles. The van der Waals surface area contributed by atoms with E-state index in [1.165, 1.54) is 18.4 Å². The molecule has 0 bridgehead atoms. The van der Waals surface area contributed by atoms with Gasteiger partial charge in [0.05, 0.1) is 17.7 Å². The smallest absolute Gasteiger partial charge is 0.161 e. The molecule has 0 radical (unpaired) electrons. The number of nitrogens with two attached hydrogens (primary N) is 1. The Labute approximate surface area is 203 Å². The SMILES string of the molecule is C=CON.Cc1ccc(Sc2c(-c3ccc(C#N)cc3)nc(-c3ccn(C4CC4)n3)n2C)cc1. The standard InChI is InChI=1S/C24H21N5S.C2H5NO/c1-16-3-11-20(12-4-16)30-24-22(18-7-5-17(15-25)6-8-18)26-23(28(24)2)21-13-14-29(27-21)19-9-10-19;1-2-4-3/h3-8,11-14,19H,9-10H2,1-2H3;2H,1,3H2. The van der Waals surface area contributed by atoms with E-state index in [1.54, 1.807) is 11.8 Å². The molecule has 172 valence electrons. The van der Waals surface area contributed by atoms with Crippen LogP contribution in [-0.2, 0) is 11.9 Å². The minimum absolute atomic E-state index is 0.540. The highest BCUT2D eigenvalue weighted by Crippen LogP contribution is 2.39. The van der Waals surface area contributed by atoms with Crippen LogP contribution in [0.1, 0.15) is 30.0 Å². The van der Waals surface area contributed by atoms with Gasteiger partial charge in [0, 0.05) is 23.7 Å². The van der Waals surface area contributed by atoms with Crippen LogP contribution in [-0.4, -0.2) is 19.3 Å². The largest absolute Gasteiger partial charge is 0.420 e. The number of benzene rings is 2. The summed E-state index contributed by atoms with van der Waals surface area (Å²) in [4.78, 5) is 9.96. The molecule has 7 nitrogen and oxygen atoms in total. The predicted molar refractivity (Wildman–Crippen MR) is 134 cm³/mol. The molecule has 1 fully saturated rings. The van der Waals surface area contributed by atoms with Gasteiger partial charge in [0.2, 0.25) is 0 Å². The van der Waals surface area contributed by atoms with Crippen LogP contribution < -0.4 is 5.90 Å². The number of hydrogen-bond donors (Lipinski definition) is 1. The molecular formula is C26H26N6OS. The second kappa shape index (κ2) is 10.4. The Hall–Kier alpha value is -3.80. The lowest BCUT2D eigenvalue weighted by Crippen LogP contribution is -1.98. The van der Waals surface area contributed by atoms with Crippen molar-refractivity contribution in [2.75, 3.05) is 0 Å². The highest BCUT2D eigenvalue weighted by Gasteiger charge is 2.26. The third-order valence-electron chi connectivity index (χ3n) is 5.42. The zero-order valence-electron chi connectivity index (χ0n) is 19.2. The highest BCUT2D eigenvalue weighted by molar-refractivity contribution is 7.99. The fraction of sp³-hybridized carbons (Fsp3) is 0.192. The Morgan fingerprint density at radius 2 is 1.82 bits per heavy atom. The summed E-state index contributed by atoms with van der Waals surface area (Å²) in [5.74, 6) is 5.26. The minimum atomic E-state index is 0.540. The number of aryl methyl sites for hydroxylation is 1. The first kappa shape index (κ1) is 23.4. The van der Waals surface area contributed by atoms with Gasteiger partial charge in [-0.1, -0.05) is 48.2 Å². The molecule has 1 saturated carbocycles. The normalized spacial score (nSPS) is 12.4. The van der Waals surface area contributed by atoms with E-state index in [2.05, 4.69) is 70.0 Å². The average molecular weight is 471 g/mol. The van der Waals surface area contributed by atoms with Gasteiger partial charge in [-0.15, -0.1) is 0 Å². The Morgan fingerprint density at radius 3 is 2.41 bits per heavy atom. The molecule has 0 saturated heterocycles. The first-order valence-electron chi connectivity index (χ1n) is 10.9. The minimum Gasteiger partial charge on any atom is -0.420 e. The number of imidazole rings is 1. The first-order chi connectivity index (χ1) is 16.5. The molecule has 2 aromatic heterocycles. The maximum Gasteiger partial charge on any atom is 0.161 e. The van der Waals surface area contributed by atoms with Crippen LogP contribution in [0.5, 0.6) is 0 Å². The van der Waals surface area contributed by atoms with Crippen LogP contribution in [0.15, 0.2) is 83.6 Å². The quantitative estimate of drug-likeness (QED) is 0.290. The zero-order chi connectivity index (χ0) is 24.1. The molecule has 2 aromatic carbocycles. The number of rotatable bonds is 6. The maximum atomic E-state index is 9.14. The van der Waals surface area contributed by atoms with E-state index >= 15 is 0 Å². The van der Waals surface area contributed by atoms with Gasteiger partial charge >= 0.3 is 0 Å². The van der Waals surface area contributed by atoms with Crippen LogP contribution in [0.25, 0.3) is 22.8 Å². The van der Waals surface area contributed by atoms with Gasteiger partial charge < -0.3 is 9.40 Å². The summed E-state index contributed by atoms with van der Waals surface area (Å²) in [7, 11) is 2.04. The van der Waals surface area contributed by atoms with Crippen LogP contribution in [0, 0.1) is 18.3 Å². The zero-order valence-corrected chi connectivity index (χ0v) is 20.0. The Morgan fingerprint density at radius 1 is 1.15 bits per heavy atom. The lowest BCUT2D eigenvalue weighted by molar-refractivity contribution is 0.262. The third kappa shape index (κ3) is 5.22. The molecule has 0 spiro atoms. The van der Waals surface area contributed by atoms with Gasteiger partial charge in [0.15, 0.2) is 5.82 Å². The predicted octanol–water partition coefficient (Wildman–Crippen LogP) is 5.64. The van der Waals surface area contributed by atoms with Crippen LogP contribution >= 0.6 is 11.8 Å². The fourth-order valence-corrected chi connectivity index (χ4v) is 4.42. The van der Waals surface area contributed by atoms with Gasteiger partial charge in [-0.2, -0.15) is 16.3 Å². The maximum absolute atomic E-state index is 9.14. The molecule has 1 aliphatic rings. The second-order valence-corrected chi connectivity index (χ2v) is 9.03. The van der Waals surface area contributed by atoms with E-state index in [4.69, 9.17) is 15.3 Å². The van der Waals surface area contributed by atoms with Crippen molar-refractivity contribution in [1.82, 2.24) is 19.3 Å². The molecule has 5 rings (SSSR count). The van der Waals surface area contributed by atoms with Gasteiger partial charge in [-0.3, -0.25) is 4.68 Å². The molecule has 34 heavy (non-hydrogen) atoms. The molecule has 0 aliphatic heterocycles. The van der Waals surface area contributed by atoms with Crippen molar-refractivity contribution in [3.63, 3.8) is 0 Å². The van der Waals surface area contributed by atoms with E-state index in [0.717, 1.165) is 39.0 Å². The summed E-state index contributed by atoms with van der Waals surface area (Å²) < 4.78 is 4.18. The van der Waals surface area contributed by atoms with Gasteiger partial charge in [-0.05, 0) is 50.1 Å². The van der Waals surface area contributed by atoms with Crippen molar-refractivity contribution in [2.24, 2.45) is 12.9 Å². The van der Waals surface area contributed by atoms with E-state index in [0.29, 0.717) is 11.6 Å². The summed E-state index contributed by atoms with van der Waals surface area (Å²) in [5.41, 5.74) is 4.67. The van der Waals surface area contributed by atoms with Crippen molar-refractivity contribution in [3.8, 4) is 28.8 Å². The number of hydrogen-bond acceptors (Lipinski definition) is 6. The Balaban J connectivity index is 0.000000636. The first-order valence-corrected chi connectivity index (χ1v) is 11.7. The van der Waals surface area contributed by atoms with Crippen molar-refractivity contribution in [3.05, 3.63) is 84.8 Å². The highest BCUT2D eigenvalue weighted by atomic mass is 32.2. The summed E-state index contributed by atoms with van der Waals surface area (Å²) in [6, 6.07) is 20.9. The average Bonchev–Trinajstić information content (AvgIpc) is 3.52. The van der Waals surface area contributed by atoms with E-state index in [1.807, 2.05) is 37.4 Å². The lowest BCUT2D eigenvalue weighted by atomic mass is 10.1. The Bertz CT molecular complexity index is 1310. The summed E-state index contributed by atoms with van der Waals surface area (Å²) >= 11 is 1.70. The van der Waals surface area contributed by atoms with Gasteiger partial charge in [-0.25, -0.2) is 4.98 Å². The van der Waals surface area contributed by atoms with Crippen molar-refractivity contribution < 1.29 is 4.84 Å². The van der Waals surface area contributed by atoms with Crippen molar-refractivity contribution in [1.29, 1.82) is 5.26 Å². The molecule has 2 N–H and O–H groups in total. The molecule has 4 aromatic rings. The second-order valence-electron chi connectivity index (χ2n) is 7.97. The number of aromatic nitrogens is 4. The van der Waals surface area contributed by atoms with Gasteiger partial charge in [0.25, 0.3) is 0 Å². The van der Waals surface area contributed by atoms with Crippen LogP contribution in [0.4, 0.5) is 0 Å². The summed E-state index contributed by atoms with van der Waals surface area (Å²) in [6.45, 7) is 5.22. The summed E-state index contributed by atoms with van der Waals surface area (Å²) in [6.07, 6.45) is 5.61. The number of nitrogens with zero attached hydrogens (tertiary/aromatic N) is 5. The lowest BCUT2D eigenvalue weighted by Gasteiger charge is -2.07. The topological polar surface area (TPSA) is 94.7 Å². The molecule has 0 amide bonds.